The SMILES string of the molecule is CSS[C@H](C)O[C@@H]1C[C@H](n2ncc3c(=O)[nH]c(N)nc32)OC1COP(=O)(O)OP(=O)(O)OP(=O)(O)O. The normalized spacial score (nSPS) is 25.0. The van der Waals surface area contributed by atoms with Crippen LogP contribution in [0.2, 0.25) is 0 Å². The van der Waals surface area contributed by atoms with Crippen molar-refractivity contribution in [1.82, 2.24) is 19.7 Å². The summed E-state index contributed by atoms with van der Waals surface area (Å²) in [6, 6.07) is 0. The molecule has 3 unspecified atom stereocenters. The Balaban J connectivity index is 1.78. The molecule has 1 saturated heterocycles. The first-order valence-electron chi connectivity index (χ1n) is 9.61. The van der Waals surface area contributed by atoms with Gasteiger partial charge in [0.05, 0.1) is 18.9 Å². The number of H-pyrrole nitrogens is 1. The van der Waals surface area contributed by atoms with Gasteiger partial charge in [0.15, 0.2) is 11.9 Å². The van der Waals surface area contributed by atoms with E-state index in [1.165, 1.54) is 32.5 Å². The van der Waals surface area contributed by atoms with Crippen molar-refractivity contribution in [2.45, 2.75) is 37.2 Å². The van der Waals surface area contributed by atoms with Gasteiger partial charge in [-0.2, -0.15) is 18.7 Å². The van der Waals surface area contributed by atoms with Gasteiger partial charge >= 0.3 is 23.5 Å². The molecule has 36 heavy (non-hydrogen) atoms. The lowest BCUT2D eigenvalue weighted by atomic mass is 10.2. The maximum Gasteiger partial charge on any atom is 0.490 e. The smallest absolute Gasteiger partial charge is 0.369 e. The molecule has 6 atom stereocenters. The van der Waals surface area contributed by atoms with Crippen molar-refractivity contribution < 1.29 is 55.9 Å². The number of phosphoric acid groups is 3. The number of nitrogens with zero attached hydrogens (tertiary/aromatic N) is 3. The highest BCUT2D eigenvalue weighted by molar-refractivity contribution is 8.76. The minimum atomic E-state index is -5.68. The lowest BCUT2D eigenvalue weighted by Gasteiger charge is -2.23. The number of nitrogen functional groups attached to an aromatic ring is 1. The predicted molar refractivity (Wildman–Crippen MR) is 126 cm³/mol. The summed E-state index contributed by atoms with van der Waals surface area (Å²) in [4.78, 5) is 54.8. The molecule has 0 aliphatic carbocycles. The molecule has 0 amide bonds. The molecule has 7 N–H and O–H groups in total. The van der Waals surface area contributed by atoms with Crippen molar-refractivity contribution in [2.75, 3.05) is 18.6 Å². The Bertz CT molecular complexity index is 1290. The number of anilines is 1. The van der Waals surface area contributed by atoms with Crippen LogP contribution >= 0.6 is 45.1 Å². The first-order chi connectivity index (χ1) is 16.6. The highest BCUT2D eigenvalue weighted by Crippen LogP contribution is 2.66. The third-order valence-corrected chi connectivity index (χ3v) is 10.1. The van der Waals surface area contributed by atoms with E-state index in [1.807, 2.05) is 6.26 Å². The average Bonchev–Trinajstić information content (AvgIpc) is 3.27. The summed E-state index contributed by atoms with van der Waals surface area (Å²) in [5.41, 5.74) is 4.83. The summed E-state index contributed by atoms with van der Waals surface area (Å²) < 4.78 is 59.6. The number of phosphoric ester groups is 1. The van der Waals surface area contributed by atoms with Crippen LogP contribution in [0.1, 0.15) is 19.6 Å². The highest BCUT2D eigenvalue weighted by Gasteiger charge is 2.44. The molecule has 0 bridgehead atoms. The maximum absolute atomic E-state index is 12.1. The second-order valence-corrected chi connectivity index (χ2v) is 14.2. The Morgan fingerprint density at radius 1 is 1.28 bits per heavy atom. The fourth-order valence-corrected chi connectivity index (χ4v) is 7.62. The monoisotopic (exact) mass is 613 g/mol. The van der Waals surface area contributed by atoms with Crippen LogP contribution in [-0.2, 0) is 36.3 Å². The third-order valence-electron chi connectivity index (χ3n) is 4.35. The zero-order valence-corrected chi connectivity index (χ0v) is 22.7. The van der Waals surface area contributed by atoms with Crippen molar-refractivity contribution in [3.8, 4) is 0 Å². The molecule has 3 rings (SSSR count). The molecule has 2 aromatic rings. The molecule has 2 aromatic heterocycles. The molecular formula is C13H22N5O13P3S2. The first-order valence-corrected chi connectivity index (χ1v) is 16.7. The van der Waals surface area contributed by atoms with E-state index in [2.05, 4.69) is 23.7 Å². The first kappa shape index (κ1) is 29.7. The van der Waals surface area contributed by atoms with Gasteiger partial charge in [-0.3, -0.25) is 14.3 Å². The van der Waals surface area contributed by atoms with Crippen LogP contribution in [0.25, 0.3) is 11.0 Å². The molecule has 23 heteroatoms. The molecule has 0 aromatic carbocycles. The number of rotatable bonds is 12. The molecule has 18 nitrogen and oxygen atoms in total. The minimum Gasteiger partial charge on any atom is -0.369 e. The van der Waals surface area contributed by atoms with Gasteiger partial charge in [0.1, 0.15) is 16.9 Å². The second kappa shape index (κ2) is 11.5. The number of aromatic nitrogens is 4. The van der Waals surface area contributed by atoms with Crippen LogP contribution in [0, 0.1) is 0 Å². The quantitative estimate of drug-likeness (QED) is 0.111. The van der Waals surface area contributed by atoms with Gasteiger partial charge in [0.25, 0.3) is 5.56 Å². The van der Waals surface area contributed by atoms with E-state index in [-0.39, 0.29) is 28.8 Å². The van der Waals surface area contributed by atoms with E-state index in [0.29, 0.717) is 0 Å². The molecule has 1 aliphatic heterocycles. The van der Waals surface area contributed by atoms with Crippen molar-refractivity contribution in [1.29, 1.82) is 0 Å². The van der Waals surface area contributed by atoms with Crippen LogP contribution in [0.3, 0.4) is 0 Å². The largest absolute Gasteiger partial charge is 0.490 e. The molecule has 1 fully saturated rings. The summed E-state index contributed by atoms with van der Waals surface area (Å²) in [6.45, 7) is 1.02. The van der Waals surface area contributed by atoms with E-state index < -0.39 is 54.1 Å². The minimum absolute atomic E-state index is 0.111. The number of nitrogens with one attached hydrogen (secondary N) is 1. The Morgan fingerprint density at radius 3 is 2.61 bits per heavy atom. The molecule has 1 aliphatic rings. The highest BCUT2D eigenvalue weighted by atomic mass is 33.1. The van der Waals surface area contributed by atoms with Crippen LogP contribution in [0.15, 0.2) is 11.0 Å². The number of fused-ring (bicyclic) bond motifs is 1. The number of hydrogen-bond acceptors (Lipinski definition) is 14. The van der Waals surface area contributed by atoms with Gasteiger partial charge < -0.3 is 34.8 Å². The van der Waals surface area contributed by atoms with Crippen molar-refractivity contribution >= 4 is 62.0 Å². The van der Waals surface area contributed by atoms with E-state index in [9.17, 15) is 28.3 Å². The van der Waals surface area contributed by atoms with Gasteiger partial charge in [-0.05, 0) is 13.2 Å². The molecule has 3 heterocycles. The number of nitrogens with two attached hydrogens (primary N) is 1. The standard InChI is InChI=1S/C13H22N5O13P3S2/c1-6(36-35-2)28-8-3-10(18-11-7(4-15-18)12(19)17-13(14)16-11)29-9(8)5-27-33(23,24)31-34(25,26)30-32(20,21)22/h4,6,8-10H,3,5H2,1-2H3,(H,23,24)(H,25,26)(H2,20,21,22)(H3,14,16,17,19)/t6-,8-,9?,10-/m1/s1. The predicted octanol–water partition coefficient (Wildman–Crippen LogP) is 1.07. The zero-order chi connectivity index (χ0) is 26.9. The summed E-state index contributed by atoms with van der Waals surface area (Å²) >= 11 is 0. The fourth-order valence-electron chi connectivity index (χ4n) is 3.18. The number of ether oxygens (including phenoxy) is 2. The maximum atomic E-state index is 12.1. The van der Waals surface area contributed by atoms with Crippen LogP contribution in [-0.4, -0.2) is 69.8 Å². The lowest BCUT2D eigenvalue weighted by molar-refractivity contribution is -0.0640. The van der Waals surface area contributed by atoms with E-state index in [4.69, 9.17) is 29.5 Å². The zero-order valence-electron chi connectivity index (χ0n) is 18.3. The lowest BCUT2D eigenvalue weighted by Crippen LogP contribution is -2.30. The van der Waals surface area contributed by atoms with Gasteiger partial charge in [0, 0.05) is 6.42 Å². The third kappa shape index (κ3) is 8.09. The topological polar surface area (TPSA) is 268 Å². The molecular weight excluding hydrogens is 591 g/mol. The van der Waals surface area contributed by atoms with Crippen molar-refractivity contribution in [2.24, 2.45) is 0 Å². The van der Waals surface area contributed by atoms with Crippen molar-refractivity contribution in [3.05, 3.63) is 16.6 Å². The summed E-state index contributed by atoms with van der Waals surface area (Å²) in [5.74, 6) is -0.158. The molecule has 0 spiro atoms. The number of aromatic amines is 1. The van der Waals surface area contributed by atoms with Crippen LogP contribution < -0.4 is 11.3 Å². The average molecular weight is 613 g/mol. The van der Waals surface area contributed by atoms with E-state index >= 15 is 0 Å². The second-order valence-electron chi connectivity index (χ2n) is 7.03. The van der Waals surface area contributed by atoms with Crippen LogP contribution in [0.4, 0.5) is 5.95 Å². The number of hydrogen-bond donors (Lipinski definition) is 6. The Morgan fingerprint density at radius 2 is 1.97 bits per heavy atom. The van der Waals surface area contributed by atoms with Gasteiger partial charge in [-0.1, -0.05) is 21.6 Å². The van der Waals surface area contributed by atoms with Crippen LogP contribution in [0.5, 0.6) is 0 Å². The molecule has 204 valence electrons. The van der Waals surface area contributed by atoms with E-state index in [1.54, 1.807) is 6.92 Å². The Hall–Kier alpha value is -0.820. The summed E-state index contributed by atoms with van der Waals surface area (Å²) in [6.07, 6.45) is 0.482. The van der Waals surface area contributed by atoms with E-state index in [0.717, 1.165) is 0 Å². The van der Waals surface area contributed by atoms with Gasteiger partial charge in [-0.15, -0.1) is 0 Å². The van der Waals surface area contributed by atoms with Gasteiger partial charge in [-0.25, -0.2) is 18.4 Å². The summed E-state index contributed by atoms with van der Waals surface area (Å²) in [5, 5.41) is 4.25. The van der Waals surface area contributed by atoms with Crippen molar-refractivity contribution in [3.63, 3.8) is 0 Å². The van der Waals surface area contributed by atoms with Gasteiger partial charge in [0.2, 0.25) is 5.95 Å². The Labute approximate surface area is 210 Å². The Kier molecular flexibility index (Phi) is 9.51. The molecule has 0 saturated carbocycles. The summed E-state index contributed by atoms with van der Waals surface area (Å²) in [7, 11) is -13.8. The molecule has 0 radical (unpaired) electrons. The fraction of sp³-hybridized carbons (Fsp3) is 0.615.